The molecule has 4 atom stereocenters. The van der Waals surface area contributed by atoms with E-state index in [0.29, 0.717) is 11.5 Å². The summed E-state index contributed by atoms with van der Waals surface area (Å²) in [5, 5.41) is 0. The summed E-state index contributed by atoms with van der Waals surface area (Å²) in [5.41, 5.74) is 3.71. The Hall–Kier alpha value is -0.980. The van der Waals surface area contributed by atoms with Crippen LogP contribution in [-0.2, 0) is 11.8 Å². The van der Waals surface area contributed by atoms with E-state index in [1.54, 1.807) is 11.1 Å². The zero-order valence-electron chi connectivity index (χ0n) is 10.8. The van der Waals surface area contributed by atoms with Gasteiger partial charge in [0, 0.05) is 11.0 Å². The van der Waals surface area contributed by atoms with Crippen molar-refractivity contribution in [3.8, 4) is 5.75 Å². The first kappa shape index (κ1) is 9.89. The summed E-state index contributed by atoms with van der Waals surface area (Å²) in [6.07, 6.45) is 10.2. The average Bonchev–Trinajstić information content (AvgIpc) is 2.70. The second-order valence-electron chi connectivity index (χ2n) is 6.83. The van der Waals surface area contributed by atoms with E-state index < -0.39 is 0 Å². The first-order valence-electron chi connectivity index (χ1n) is 7.68. The molecule has 1 aromatic rings. The summed E-state index contributed by atoms with van der Waals surface area (Å²) >= 11 is 0. The van der Waals surface area contributed by atoms with Gasteiger partial charge < -0.3 is 4.74 Å². The lowest BCUT2D eigenvalue weighted by atomic mass is 9.48. The van der Waals surface area contributed by atoms with Gasteiger partial charge in [-0.1, -0.05) is 18.6 Å². The Morgan fingerprint density at radius 3 is 3.11 bits per heavy atom. The maximum Gasteiger partial charge on any atom is 0.123 e. The van der Waals surface area contributed by atoms with Gasteiger partial charge in [-0.3, -0.25) is 0 Å². The van der Waals surface area contributed by atoms with Crippen molar-refractivity contribution in [2.45, 2.75) is 56.5 Å². The molecule has 2 bridgehead atoms. The van der Waals surface area contributed by atoms with Gasteiger partial charge in [0.2, 0.25) is 0 Å². The minimum absolute atomic E-state index is 0.436. The second-order valence-corrected chi connectivity index (χ2v) is 6.83. The van der Waals surface area contributed by atoms with E-state index in [2.05, 4.69) is 18.2 Å². The summed E-state index contributed by atoms with van der Waals surface area (Å²) < 4.78 is 6.38. The molecule has 1 aromatic carbocycles. The molecule has 1 heteroatoms. The molecule has 4 aliphatic rings. The molecule has 0 N–H and O–H groups in total. The predicted octanol–water partition coefficient (Wildman–Crippen LogP) is 3.84. The van der Waals surface area contributed by atoms with E-state index in [4.69, 9.17) is 4.74 Å². The Morgan fingerprint density at radius 2 is 2.11 bits per heavy atom. The van der Waals surface area contributed by atoms with Crippen LogP contribution in [0.15, 0.2) is 18.2 Å². The molecule has 94 valence electrons. The van der Waals surface area contributed by atoms with Gasteiger partial charge in [0.1, 0.15) is 11.9 Å². The van der Waals surface area contributed by atoms with Crippen LogP contribution in [0.1, 0.15) is 49.7 Å². The molecule has 2 saturated carbocycles. The molecule has 18 heavy (non-hydrogen) atoms. The summed E-state index contributed by atoms with van der Waals surface area (Å²) in [5.74, 6) is 3.12. The van der Waals surface area contributed by atoms with E-state index in [1.165, 1.54) is 50.7 Å². The fourth-order valence-corrected chi connectivity index (χ4v) is 5.83. The number of hydrogen-bond acceptors (Lipinski definition) is 1. The normalized spacial score (nSPS) is 43.2. The van der Waals surface area contributed by atoms with Crippen LogP contribution in [0.3, 0.4) is 0 Å². The van der Waals surface area contributed by atoms with E-state index in [-0.39, 0.29) is 0 Å². The van der Waals surface area contributed by atoms with Crippen molar-refractivity contribution in [1.82, 2.24) is 0 Å². The topological polar surface area (TPSA) is 9.23 Å². The maximum absolute atomic E-state index is 6.38. The molecule has 2 fully saturated rings. The molecule has 1 heterocycles. The minimum atomic E-state index is 0.436. The van der Waals surface area contributed by atoms with E-state index in [0.717, 1.165) is 11.8 Å². The van der Waals surface area contributed by atoms with Gasteiger partial charge >= 0.3 is 0 Å². The van der Waals surface area contributed by atoms with Crippen molar-refractivity contribution in [3.63, 3.8) is 0 Å². The van der Waals surface area contributed by atoms with Gasteiger partial charge in [-0.25, -0.2) is 0 Å². The number of benzene rings is 1. The zero-order valence-corrected chi connectivity index (χ0v) is 10.8. The van der Waals surface area contributed by atoms with Crippen molar-refractivity contribution in [2.75, 3.05) is 0 Å². The quantitative estimate of drug-likeness (QED) is 0.669. The van der Waals surface area contributed by atoms with Crippen LogP contribution >= 0.6 is 0 Å². The lowest BCUT2D eigenvalue weighted by Crippen LogP contribution is -2.55. The lowest BCUT2D eigenvalue weighted by Gasteiger charge is -2.54. The first-order valence-corrected chi connectivity index (χ1v) is 7.68. The highest BCUT2D eigenvalue weighted by atomic mass is 16.5. The molecule has 0 saturated heterocycles. The van der Waals surface area contributed by atoms with Crippen molar-refractivity contribution in [1.29, 1.82) is 0 Å². The first-order chi connectivity index (χ1) is 8.89. The van der Waals surface area contributed by atoms with Crippen LogP contribution in [-0.4, -0.2) is 6.10 Å². The van der Waals surface area contributed by atoms with Crippen molar-refractivity contribution in [3.05, 3.63) is 29.3 Å². The molecule has 1 nitrogen and oxygen atoms in total. The summed E-state index contributed by atoms with van der Waals surface area (Å²) in [6.45, 7) is 0. The third-order valence-electron chi connectivity index (χ3n) is 6.28. The third kappa shape index (κ3) is 0.941. The summed E-state index contributed by atoms with van der Waals surface area (Å²) in [4.78, 5) is 0. The van der Waals surface area contributed by atoms with Gasteiger partial charge in [-0.05, 0) is 62.0 Å². The van der Waals surface area contributed by atoms with E-state index in [9.17, 15) is 0 Å². The summed E-state index contributed by atoms with van der Waals surface area (Å²) in [6, 6.07) is 6.80. The lowest BCUT2D eigenvalue weighted by molar-refractivity contribution is -0.0139. The number of ether oxygens (including phenoxy) is 1. The van der Waals surface area contributed by atoms with Crippen LogP contribution in [0.25, 0.3) is 0 Å². The standard InChI is InChI=1S/C17H20O/c1-4-12-10-11-5-3-9-17-13(11)6-2-8-15(17)18-14(7-1)16(12)17/h1,4,7,11,13,15H,2-3,5-6,8-10H2/t11-,13?,15?,17-/m1/s1. The second kappa shape index (κ2) is 3.12. The highest BCUT2D eigenvalue weighted by molar-refractivity contribution is 5.53. The molecule has 0 radical (unpaired) electrons. The largest absolute Gasteiger partial charge is 0.489 e. The van der Waals surface area contributed by atoms with Crippen molar-refractivity contribution in [2.24, 2.45) is 11.8 Å². The zero-order chi connectivity index (χ0) is 11.7. The van der Waals surface area contributed by atoms with E-state index in [1.807, 2.05) is 0 Å². The third-order valence-corrected chi connectivity index (χ3v) is 6.28. The molecule has 0 aromatic heterocycles. The Balaban J connectivity index is 1.83. The van der Waals surface area contributed by atoms with Crippen LogP contribution in [0.4, 0.5) is 0 Å². The van der Waals surface area contributed by atoms with Crippen molar-refractivity contribution >= 4 is 0 Å². The smallest absolute Gasteiger partial charge is 0.123 e. The fourth-order valence-electron chi connectivity index (χ4n) is 5.83. The van der Waals surface area contributed by atoms with Gasteiger partial charge in [-0.15, -0.1) is 0 Å². The van der Waals surface area contributed by atoms with E-state index >= 15 is 0 Å². The molecule has 1 spiro atoms. The minimum Gasteiger partial charge on any atom is -0.489 e. The maximum atomic E-state index is 6.38. The van der Waals surface area contributed by atoms with Crippen LogP contribution in [0, 0.1) is 11.8 Å². The Bertz CT molecular complexity index is 520. The fraction of sp³-hybridized carbons (Fsp3) is 0.647. The van der Waals surface area contributed by atoms with Crippen LogP contribution in [0.2, 0.25) is 0 Å². The van der Waals surface area contributed by atoms with Gasteiger partial charge in [0.25, 0.3) is 0 Å². The predicted molar refractivity (Wildman–Crippen MR) is 70.9 cm³/mol. The molecule has 0 amide bonds. The molecule has 3 aliphatic carbocycles. The Kier molecular flexibility index (Phi) is 1.72. The average molecular weight is 240 g/mol. The molecule has 2 unspecified atom stereocenters. The highest BCUT2D eigenvalue weighted by Gasteiger charge is 2.61. The molecule has 5 rings (SSSR count). The molecular weight excluding hydrogens is 220 g/mol. The van der Waals surface area contributed by atoms with Crippen LogP contribution in [0.5, 0.6) is 5.75 Å². The van der Waals surface area contributed by atoms with Gasteiger partial charge in [-0.2, -0.15) is 0 Å². The van der Waals surface area contributed by atoms with Gasteiger partial charge in [0.05, 0.1) is 0 Å². The monoisotopic (exact) mass is 240 g/mol. The number of hydrogen-bond donors (Lipinski definition) is 0. The highest BCUT2D eigenvalue weighted by Crippen LogP contribution is 2.64. The SMILES string of the molecule is c1cc2c3c(c1)OC1CCCC4[C@H](CCC[C@]314)C2. The van der Waals surface area contributed by atoms with Crippen molar-refractivity contribution < 1.29 is 4.74 Å². The van der Waals surface area contributed by atoms with Crippen LogP contribution < -0.4 is 4.74 Å². The molecule has 1 aliphatic heterocycles. The summed E-state index contributed by atoms with van der Waals surface area (Å²) in [7, 11) is 0. The number of rotatable bonds is 0. The Labute approximate surface area is 109 Å². The Morgan fingerprint density at radius 1 is 1.11 bits per heavy atom. The van der Waals surface area contributed by atoms with Gasteiger partial charge in [0.15, 0.2) is 0 Å². The molecular formula is C17H20O.